The lowest BCUT2D eigenvalue weighted by Crippen LogP contribution is -2.44. The number of aromatic nitrogens is 2. The van der Waals surface area contributed by atoms with Gasteiger partial charge < -0.3 is 19.6 Å². The normalized spacial score (nSPS) is 15.6. The molecule has 1 saturated heterocycles. The van der Waals surface area contributed by atoms with Crippen LogP contribution in [-0.4, -0.2) is 64.8 Å². The van der Waals surface area contributed by atoms with Crippen LogP contribution in [0, 0.1) is 6.92 Å². The van der Waals surface area contributed by atoms with Crippen molar-refractivity contribution in [2.45, 2.75) is 39.4 Å². The minimum Gasteiger partial charge on any atom is -0.479 e. The number of benzene rings is 2. The summed E-state index contributed by atoms with van der Waals surface area (Å²) in [6.45, 7) is 11.4. The SMILES string of the molecule is Cc1cc2nc(-c3ccnc(N4CCN(C)CC4)c3)sc2c(-c2ccc(Cl)cc2)c1C(OC(C)(C)C)C(=O)O. The fourth-order valence-electron chi connectivity index (χ4n) is 4.92. The second-order valence-electron chi connectivity index (χ2n) is 11.0. The standard InChI is InChI=1S/C30H33ClN4O3S/c1-18-16-22-27(39-28(33-22)20-10-11-32-23(17-20)35-14-12-34(5)13-15-35)25(19-6-8-21(31)9-7-19)24(18)26(29(36)37)38-30(2,3)4/h6-11,16-17,26H,12-15H2,1-5H3,(H,36,37). The number of nitrogens with zero attached hydrogens (tertiary/aromatic N) is 4. The quantitative estimate of drug-likeness (QED) is 0.280. The lowest BCUT2D eigenvalue weighted by molar-refractivity contribution is -0.160. The first-order valence-electron chi connectivity index (χ1n) is 13.0. The number of likely N-dealkylation sites (N-methyl/N-ethyl adjacent to an activating group) is 1. The molecular formula is C30H33ClN4O3S. The van der Waals surface area contributed by atoms with Crippen molar-refractivity contribution in [3.8, 4) is 21.7 Å². The maximum atomic E-state index is 12.6. The molecule has 3 heterocycles. The molecule has 7 nitrogen and oxygen atoms in total. The summed E-state index contributed by atoms with van der Waals surface area (Å²) in [5.74, 6) is -0.0857. The van der Waals surface area contributed by atoms with Crippen LogP contribution in [0.2, 0.25) is 5.02 Å². The highest BCUT2D eigenvalue weighted by molar-refractivity contribution is 7.22. The Morgan fingerprint density at radius 3 is 2.41 bits per heavy atom. The Balaban J connectivity index is 1.67. The van der Waals surface area contributed by atoms with Gasteiger partial charge in [-0.15, -0.1) is 11.3 Å². The highest BCUT2D eigenvalue weighted by Crippen LogP contribution is 2.44. The number of halogens is 1. The minimum atomic E-state index is -1.14. The third-order valence-electron chi connectivity index (χ3n) is 6.84. The van der Waals surface area contributed by atoms with E-state index in [4.69, 9.17) is 21.3 Å². The van der Waals surface area contributed by atoms with E-state index in [1.165, 1.54) is 0 Å². The number of hydrogen-bond acceptors (Lipinski definition) is 7. The van der Waals surface area contributed by atoms with Crippen LogP contribution in [0.15, 0.2) is 48.7 Å². The largest absolute Gasteiger partial charge is 0.479 e. The van der Waals surface area contributed by atoms with Gasteiger partial charge in [0.1, 0.15) is 10.8 Å². The maximum absolute atomic E-state index is 12.6. The average molecular weight is 565 g/mol. The third kappa shape index (κ3) is 5.94. The lowest BCUT2D eigenvalue weighted by Gasteiger charge is -2.33. The predicted molar refractivity (Wildman–Crippen MR) is 159 cm³/mol. The zero-order valence-electron chi connectivity index (χ0n) is 22.9. The van der Waals surface area contributed by atoms with E-state index in [0.717, 1.165) is 69.5 Å². The molecule has 0 bridgehead atoms. The highest BCUT2D eigenvalue weighted by atomic mass is 35.5. The molecular weight excluding hydrogens is 532 g/mol. The molecule has 1 unspecified atom stereocenters. The Labute approximate surface area is 238 Å². The summed E-state index contributed by atoms with van der Waals surface area (Å²) in [5, 5.41) is 11.8. The maximum Gasteiger partial charge on any atom is 0.337 e. The summed E-state index contributed by atoms with van der Waals surface area (Å²) >= 11 is 7.77. The van der Waals surface area contributed by atoms with Gasteiger partial charge in [-0.1, -0.05) is 23.7 Å². The van der Waals surface area contributed by atoms with Crippen LogP contribution in [-0.2, 0) is 9.53 Å². The molecule has 0 aliphatic carbocycles. The molecule has 1 atom stereocenters. The van der Waals surface area contributed by atoms with Crippen molar-refractivity contribution in [1.29, 1.82) is 0 Å². The number of aliphatic carboxylic acids is 1. The molecule has 4 aromatic rings. The summed E-state index contributed by atoms with van der Waals surface area (Å²) in [6, 6.07) is 13.5. The predicted octanol–water partition coefficient (Wildman–Crippen LogP) is 6.68. The van der Waals surface area contributed by atoms with Crippen molar-refractivity contribution < 1.29 is 14.6 Å². The van der Waals surface area contributed by atoms with Gasteiger partial charge in [0.25, 0.3) is 0 Å². The summed E-state index contributed by atoms with van der Waals surface area (Å²) in [6.07, 6.45) is 0.694. The molecule has 2 aromatic carbocycles. The highest BCUT2D eigenvalue weighted by Gasteiger charge is 2.32. The first-order valence-corrected chi connectivity index (χ1v) is 14.2. The van der Waals surface area contributed by atoms with Gasteiger partial charge in [-0.2, -0.15) is 0 Å². The summed E-state index contributed by atoms with van der Waals surface area (Å²) in [5.41, 5.74) is 4.28. The number of fused-ring (bicyclic) bond motifs is 1. The number of piperazine rings is 1. The first kappa shape index (κ1) is 27.5. The van der Waals surface area contributed by atoms with E-state index in [2.05, 4.69) is 27.9 Å². The Bertz CT molecular complexity index is 1510. The number of aryl methyl sites for hydroxylation is 1. The number of carboxylic acids is 1. The van der Waals surface area contributed by atoms with Crippen LogP contribution in [0.1, 0.15) is 38.0 Å². The van der Waals surface area contributed by atoms with Crippen LogP contribution in [0.25, 0.3) is 31.9 Å². The third-order valence-corrected chi connectivity index (χ3v) is 8.23. The van der Waals surface area contributed by atoms with E-state index < -0.39 is 17.7 Å². The van der Waals surface area contributed by atoms with E-state index in [1.807, 2.05) is 70.3 Å². The van der Waals surface area contributed by atoms with Crippen LogP contribution in [0.5, 0.6) is 0 Å². The van der Waals surface area contributed by atoms with Gasteiger partial charge in [-0.3, -0.25) is 0 Å². The van der Waals surface area contributed by atoms with Gasteiger partial charge in [0, 0.05) is 54.1 Å². The molecule has 0 spiro atoms. The van der Waals surface area contributed by atoms with Crippen molar-refractivity contribution in [3.63, 3.8) is 0 Å². The first-order chi connectivity index (χ1) is 18.5. The van der Waals surface area contributed by atoms with Crippen LogP contribution >= 0.6 is 22.9 Å². The zero-order valence-corrected chi connectivity index (χ0v) is 24.4. The lowest BCUT2D eigenvalue weighted by atomic mass is 9.91. The number of hydrogen-bond donors (Lipinski definition) is 1. The molecule has 39 heavy (non-hydrogen) atoms. The molecule has 0 saturated carbocycles. The Kier molecular flexibility index (Phi) is 7.66. The molecule has 1 fully saturated rings. The van der Waals surface area contributed by atoms with E-state index in [1.54, 1.807) is 11.3 Å². The number of pyridine rings is 1. The molecule has 0 radical (unpaired) electrons. The van der Waals surface area contributed by atoms with Crippen LogP contribution in [0.3, 0.4) is 0 Å². The minimum absolute atomic E-state index is 0.614. The monoisotopic (exact) mass is 564 g/mol. The Morgan fingerprint density at radius 1 is 1.08 bits per heavy atom. The molecule has 1 aliphatic heterocycles. The molecule has 2 aromatic heterocycles. The average Bonchev–Trinajstić information content (AvgIpc) is 3.31. The number of carboxylic acid groups (broad SMARTS) is 1. The van der Waals surface area contributed by atoms with Gasteiger partial charge in [0.05, 0.1) is 15.8 Å². The number of anilines is 1. The van der Waals surface area contributed by atoms with Crippen LogP contribution < -0.4 is 4.90 Å². The fourth-order valence-corrected chi connectivity index (χ4v) is 6.17. The Hall–Kier alpha value is -3.04. The van der Waals surface area contributed by atoms with Gasteiger partial charge >= 0.3 is 5.97 Å². The molecule has 1 aliphatic rings. The molecule has 204 valence electrons. The number of ether oxygens (including phenoxy) is 1. The van der Waals surface area contributed by atoms with E-state index in [0.29, 0.717) is 10.6 Å². The Morgan fingerprint density at radius 2 is 1.77 bits per heavy atom. The summed E-state index contributed by atoms with van der Waals surface area (Å²) in [4.78, 5) is 26.8. The summed E-state index contributed by atoms with van der Waals surface area (Å²) in [7, 11) is 2.14. The number of rotatable bonds is 6. The number of thiazole rings is 1. The molecule has 1 N–H and O–H groups in total. The second-order valence-corrected chi connectivity index (χ2v) is 12.4. The van der Waals surface area contributed by atoms with Gasteiger partial charge in [0.2, 0.25) is 0 Å². The molecule has 0 amide bonds. The van der Waals surface area contributed by atoms with E-state index in [-0.39, 0.29) is 0 Å². The molecule has 9 heteroatoms. The van der Waals surface area contributed by atoms with Crippen molar-refractivity contribution >= 4 is 44.9 Å². The van der Waals surface area contributed by atoms with Gasteiger partial charge in [0.15, 0.2) is 6.10 Å². The smallest absolute Gasteiger partial charge is 0.337 e. The van der Waals surface area contributed by atoms with E-state index in [9.17, 15) is 9.90 Å². The van der Waals surface area contributed by atoms with Crippen molar-refractivity contribution in [1.82, 2.24) is 14.9 Å². The summed E-state index contributed by atoms with van der Waals surface area (Å²) < 4.78 is 7.04. The zero-order chi connectivity index (χ0) is 27.9. The number of carbonyl (C=O) groups is 1. The topological polar surface area (TPSA) is 78.8 Å². The van der Waals surface area contributed by atoms with Crippen molar-refractivity contribution in [3.05, 3.63) is 64.8 Å². The van der Waals surface area contributed by atoms with E-state index >= 15 is 0 Å². The van der Waals surface area contributed by atoms with Gasteiger partial charge in [-0.05, 0) is 76.2 Å². The fraction of sp³-hybridized carbons (Fsp3) is 0.367. The van der Waals surface area contributed by atoms with Gasteiger partial charge in [-0.25, -0.2) is 14.8 Å². The van der Waals surface area contributed by atoms with Crippen molar-refractivity contribution in [2.24, 2.45) is 0 Å². The molecule has 5 rings (SSSR count). The second kappa shape index (κ2) is 10.8. The van der Waals surface area contributed by atoms with Crippen molar-refractivity contribution in [2.75, 3.05) is 38.1 Å². The van der Waals surface area contributed by atoms with Crippen LogP contribution in [0.4, 0.5) is 5.82 Å².